The van der Waals surface area contributed by atoms with E-state index in [1.54, 1.807) is 0 Å². The van der Waals surface area contributed by atoms with Gasteiger partial charge in [0.1, 0.15) is 11.5 Å². The van der Waals surface area contributed by atoms with Gasteiger partial charge >= 0.3 is 0 Å². The Kier molecular flexibility index (Phi) is 4.18. The number of para-hydroxylation sites is 1. The summed E-state index contributed by atoms with van der Waals surface area (Å²) in [4.78, 5) is 11.5. The van der Waals surface area contributed by atoms with Crippen molar-refractivity contribution in [2.24, 2.45) is 0 Å². The number of benzene rings is 1. The zero-order valence-corrected chi connectivity index (χ0v) is 10.5. The molecule has 1 aliphatic rings. The molecule has 2 rings (SSSR count). The van der Waals surface area contributed by atoms with Gasteiger partial charge in [0, 0.05) is 12.8 Å². The molecular formula is C15H20O2. The molecule has 0 saturated carbocycles. The van der Waals surface area contributed by atoms with Crippen LogP contribution in [0.2, 0.25) is 0 Å². The Labute approximate surface area is 103 Å². The monoisotopic (exact) mass is 232 g/mol. The second-order valence-electron chi connectivity index (χ2n) is 4.65. The van der Waals surface area contributed by atoms with Crippen molar-refractivity contribution in [3.05, 3.63) is 29.3 Å². The summed E-state index contributed by atoms with van der Waals surface area (Å²) in [5, 5.41) is 0. The first-order valence-corrected chi connectivity index (χ1v) is 6.56. The molecule has 0 unspecified atom stereocenters. The number of aryl methyl sites for hydroxylation is 2. The number of carbonyl (C=O) groups excluding carboxylic acids is 1. The molecule has 1 aromatic rings. The van der Waals surface area contributed by atoms with Crippen molar-refractivity contribution >= 4 is 5.78 Å². The lowest BCUT2D eigenvalue weighted by Gasteiger charge is -2.20. The summed E-state index contributed by atoms with van der Waals surface area (Å²) in [5.74, 6) is 1.41. The minimum Gasteiger partial charge on any atom is -0.493 e. The topological polar surface area (TPSA) is 26.3 Å². The zero-order valence-electron chi connectivity index (χ0n) is 10.5. The lowest BCUT2D eigenvalue weighted by atomic mass is 9.98. The third-order valence-electron chi connectivity index (χ3n) is 3.22. The summed E-state index contributed by atoms with van der Waals surface area (Å²) >= 11 is 0. The fourth-order valence-corrected chi connectivity index (χ4v) is 2.33. The van der Waals surface area contributed by atoms with Gasteiger partial charge in [-0.1, -0.05) is 25.1 Å². The number of fused-ring (bicyclic) bond motifs is 1. The highest BCUT2D eigenvalue weighted by molar-refractivity contribution is 5.78. The normalized spacial score (nSPS) is 13.9. The molecular weight excluding hydrogens is 212 g/mol. The summed E-state index contributed by atoms with van der Waals surface area (Å²) in [5.41, 5.74) is 2.50. The molecule has 2 heteroatoms. The van der Waals surface area contributed by atoms with Gasteiger partial charge in [0.05, 0.1) is 6.61 Å². The van der Waals surface area contributed by atoms with E-state index in [0.717, 1.165) is 38.0 Å². The largest absolute Gasteiger partial charge is 0.493 e. The SMILES string of the molecule is CCCC(=O)CCc1cccc2c1OCCC2. The van der Waals surface area contributed by atoms with Crippen LogP contribution in [-0.2, 0) is 17.6 Å². The number of Topliss-reactive ketones (excluding diaryl/α,β-unsaturated/α-hetero) is 1. The first kappa shape index (κ1) is 12.2. The van der Waals surface area contributed by atoms with E-state index >= 15 is 0 Å². The highest BCUT2D eigenvalue weighted by Crippen LogP contribution is 2.29. The number of hydrogen-bond acceptors (Lipinski definition) is 2. The van der Waals surface area contributed by atoms with E-state index < -0.39 is 0 Å². The van der Waals surface area contributed by atoms with Gasteiger partial charge in [0.2, 0.25) is 0 Å². The van der Waals surface area contributed by atoms with Gasteiger partial charge in [-0.25, -0.2) is 0 Å². The number of ether oxygens (including phenoxy) is 1. The highest BCUT2D eigenvalue weighted by Gasteiger charge is 2.14. The molecule has 0 amide bonds. The molecule has 0 radical (unpaired) electrons. The lowest BCUT2D eigenvalue weighted by Crippen LogP contribution is -2.11. The van der Waals surface area contributed by atoms with Crippen molar-refractivity contribution < 1.29 is 9.53 Å². The number of ketones is 1. The molecule has 1 aliphatic heterocycles. The van der Waals surface area contributed by atoms with Crippen LogP contribution in [0.1, 0.15) is 43.7 Å². The van der Waals surface area contributed by atoms with Crippen molar-refractivity contribution in [3.63, 3.8) is 0 Å². The van der Waals surface area contributed by atoms with Gasteiger partial charge in [0.15, 0.2) is 0 Å². The van der Waals surface area contributed by atoms with E-state index in [4.69, 9.17) is 4.74 Å². The van der Waals surface area contributed by atoms with Crippen LogP contribution in [0.15, 0.2) is 18.2 Å². The van der Waals surface area contributed by atoms with Gasteiger partial charge in [-0.3, -0.25) is 4.79 Å². The first-order chi connectivity index (χ1) is 8.31. The molecule has 0 bridgehead atoms. The van der Waals surface area contributed by atoms with Crippen molar-refractivity contribution in [1.82, 2.24) is 0 Å². The number of rotatable bonds is 5. The predicted octanol–water partition coefficient (Wildman–Crippen LogP) is 3.31. The second-order valence-corrected chi connectivity index (χ2v) is 4.65. The minimum absolute atomic E-state index is 0.362. The third-order valence-corrected chi connectivity index (χ3v) is 3.22. The first-order valence-electron chi connectivity index (χ1n) is 6.56. The molecule has 0 N–H and O–H groups in total. The van der Waals surface area contributed by atoms with Crippen LogP contribution in [0.5, 0.6) is 5.75 Å². The molecule has 0 saturated heterocycles. The molecule has 0 fully saturated rings. The van der Waals surface area contributed by atoms with Crippen LogP contribution < -0.4 is 4.74 Å². The summed E-state index contributed by atoms with van der Waals surface area (Å²) < 4.78 is 5.74. The van der Waals surface area contributed by atoms with Gasteiger partial charge in [-0.05, 0) is 36.8 Å². The molecule has 0 aromatic heterocycles. The molecule has 0 spiro atoms. The molecule has 0 aliphatic carbocycles. The van der Waals surface area contributed by atoms with Crippen LogP contribution in [0.25, 0.3) is 0 Å². The summed E-state index contributed by atoms with van der Waals surface area (Å²) in [7, 11) is 0. The standard InChI is InChI=1S/C15H20O2/c1-2-5-14(16)10-9-13-7-3-6-12-8-4-11-17-15(12)13/h3,6-7H,2,4-5,8-11H2,1H3. The Balaban J connectivity index is 2.03. The van der Waals surface area contributed by atoms with Crippen molar-refractivity contribution in [2.45, 2.75) is 45.4 Å². The van der Waals surface area contributed by atoms with Gasteiger partial charge in [0.25, 0.3) is 0 Å². The maximum absolute atomic E-state index is 11.5. The smallest absolute Gasteiger partial charge is 0.133 e. The van der Waals surface area contributed by atoms with Gasteiger partial charge < -0.3 is 4.74 Å². The molecule has 0 atom stereocenters. The summed E-state index contributed by atoms with van der Waals surface area (Å²) in [6.07, 6.45) is 5.32. The predicted molar refractivity (Wildman–Crippen MR) is 68.5 cm³/mol. The van der Waals surface area contributed by atoms with E-state index in [9.17, 15) is 4.79 Å². The summed E-state index contributed by atoms with van der Waals surface area (Å²) in [6, 6.07) is 6.29. The van der Waals surface area contributed by atoms with E-state index in [1.807, 2.05) is 6.92 Å². The van der Waals surface area contributed by atoms with Crippen LogP contribution in [0, 0.1) is 0 Å². The molecule has 17 heavy (non-hydrogen) atoms. The van der Waals surface area contributed by atoms with E-state index in [1.165, 1.54) is 11.1 Å². The Bertz CT molecular complexity index is 396. The molecule has 1 heterocycles. The van der Waals surface area contributed by atoms with Gasteiger partial charge in [-0.15, -0.1) is 0 Å². The number of hydrogen-bond donors (Lipinski definition) is 0. The molecule has 1 aromatic carbocycles. The maximum Gasteiger partial charge on any atom is 0.133 e. The van der Waals surface area contributed by atoms with E-state index in [2.05, 4.69) is 18.2 Å². The Morgan fingerprint density at radius 1 is 1.35 bits per heavy atom. The van der Waals surface area contributed by atoms with Gasteiger partial charge in [-0.2, -0.15) is 0 Å². The average molecular weight is 232 g/mol. The van der Waals surface area contributed by atoms with Crippen LogP contribution in [0.4, 0.5) is 0 Å². The van der Waals surface area contributed by atoms with Crippen LogP contribution in [0.3, 0.4) is 0 Å². The second kappa shape index (κ2) is 5.85. The Morgan fingerprint density at radius 2 is 2.24 bits per heavy atom. The minimum atomic E-state index is 0.362. The van der Waals surface area contributed by atoms with Crippen molar-refractivity contribution in [1.29, 1.82) is 0 Å². The number of carbonyl (C=O) groups is 1. The Hall–Kier alpha value is -1.31. The fraction of sp³-hybridized carbons (Fsp3) is 0.533. The zero-order chi connectivity index (χ0) is 12.1. The van der Waals surface area contributed by atoms with Crippen LogP contribution in [-0.4, -0.2) is 12.4 Å². The highest BCUT2D eigenvalue weighted by atomic mass is 16.5. The Morgan fingerprint density at radius 3 is 3.06 bits per heavy atom. The molecule has 2 nitrogen and oxygen atoms in total. The lowest BCUT2D eigenvalue weighted by molar-refractivity contribution is -0.119. The van der Waals surface area contributed by atoms with E-state index in [0.29, 0.717) is 18.6 Å². The maximum atomic E-state index is 11.5. The molecule has 92 valence electrons. The van der Waals surface area contributed by atoms with Crippen molar-refractivity contribution in [2.75, 3.05) is 6.61 Å². The van der Waals surface area contributed by atoms with Crippen LogP contribution >= 0.6 is 0 Å². The van der Waals surface area contributed by atoms with E-state index in [-0.39, 0.29) is 0 Å². The fourth-order valence-electron chi connectivity index (χ4n) is 2.33. The average Bonchev–Trinajstić information content (AvgIpc) is 2.36. The quantitative estimate of drug-likeness (QED) is 0.778. The summed E-state index contributed by atoms with van der Waals surface area (Å²) in [6.45, 7) is 2.86. The van der Waals surface area contributed by atoms with Crippen molar-refractivity contribution in [3.8, 4) is 5.75 Å². The third kappa shape index (κ3) is 3.09.